The maximum absolute atomic E-state index is 12.8. The highest BCUT2D eigenvalue weighted by Crippen LogP contribution is 2.28. The Morgan fingerprint density at radius 3 is 2.80 bits per heavy atom. The van der Waals surface area contributed by atoms with Gasteiger partial charge in [0.2, 0.25) is 0 Å². The number of rotatable bonds is 4. The fourth-order valence-corrected chi connectivity index (χ4v) is 5.27. The predicted molar refractivity (Wildman–Crippen MR) is 116 cm³/mol. The topological polar surface area (TPSA) is 92.7 Å². The molecule has 0 spiro atoms. The summed E-state index contributed by atoms with van der Waals surface area (Å²) < 4.78 is 26.9. The third-order valence-electron chi connectivity index (χ3n) is 5.67. The monoisotopic (exact) mass is 421 g/mol. The van der Waals surface area contributed by atoms with Gasteiger partial charge in [-0.3, -0.25) is 0 Å². The van der Waals surface area contributed by atoms with Crippen molar-refractivity contribution < 1.29 is 8.42 Å². The molecule has 2 unspecified atom stereocenters. The third kappa shape index (κ3) is 3.42. The lowest BCUT2D eigenvalue weighted by atomic mass is 9.92. The second-order valence-electron chi connectivity index (χ2n) is 7.83. The van der Waals surface area contributed by atoms with Gasteiger partial charge in [-0.2, -0.15) is 0 Å². The molecule has 2 N–H and O–H groups in total. The number of nitrogens with zero attached hydrogens (tertiary/aromatic N) is 3. The molecule has 4 heterocycles. The van der Waals surface area contributed by atoms with E-state index in [1.165, 1.54) is 3.97 Å². The van der Waals surface area contributed by atoms with Crippen molar-refractivity contribution in [2.45, 2.75) is 36.6 Å². The van der Waals surface area contributed by atoms with Crippen LogP contribution >= 0.6 is 0 Å². The van der Waals surface area contributed by atoms with Gasteiger partial charge in [-0.25, -0.2) is 22.4 Å². The molecule has 0 radical (unpaired) electrons. The Bertz CT molecular complexity index is 1290. The van der Waals surface area contributed by atoms with E-state index in [1.807, 2.05) is 12.3 Å². The molecule has 0 amide bonds. The van der Waals surface area contributed by atoms with E-state index in [0.29, 0.717) is 12.0 Å². The molecule has 4 aromatic rings. The molecular formula is C22H23N5O2S. The van der Waals surface area contributed by atoms with Gasteiger partial charge in [0, 0.05) is 35.6 Å². The van der Waals surface area contributed by atoms with Gasteiger partial charge in [-0.15, -0.1) is 0 Å². The molecule has 5 rings (SSSR count). The van der Waals surface area contributed by atoms with Crippen LogP contribution in [0.25, 0.3) is 22.3 Å². The molecule has 3 aromatic heterocycles. The minimum absolute atomic E-state index is 0.260. The molecule has 1 aromatic carbocycles. The maximum Gasteiger partial charge on any atom is 0.267 e. The SMILES string of the molecule is CC1CC(c2ncc3[nH]c(-c4ccn(S(=O)(=O)c5ccccc5)c4)cc3n2)CCN1. The smallest absolute Gasteiger partial charge is 0.267 e. The van der Waals surface area contributed by atoms with Gasteiger partial charge in [0.25, 0.3) is 10.0 Å². The van der Waals surface area contributed by atoms with Crippen molar-refractivity contribution in [3.8, 4) is 11.3 Å². The number of hydrogen-bond acceptors (Lipinski definition) is 5. The first-order chi connectivity index (χ1) is 14.5. The molecular weight excluding hydrogens is 398 g/mol. The highest BCUT2D eigenvalue weighted by molar-refractivity contribution is 7.90. The first-order valence-electron chi connectivity index (χ1n) is 10.1. The van der Waals surface area contributed by atoms with E-state index in [-0.39, 0.29) is 4.90 Å². The fourth-order valence-electron chi connectivity index (χ4n) is 4.05. The highest BCUT2D eigenvalue weighted by Gasteiger charge is 2.23. The summed E-state index contributed by atoms with van der Waals surface area (Å²) in [6.07, 6.45) is 7.08. The number of fused-ring (bicyclic) bond motifs is 1. The van der Waals surface area contributed by atoms with Gasteiger partial charge >= 0.3 is 0 Å². The van der Waals surface area contributed by atoms with Gasteiger partial charge < -0.3 is 10.3 Å². The van der Waals surface area contributed by atoms with E-state index in [4.69, 9.17) is 4.98 Å². The normalized spacial score (nSPS) is 19.9. The first kappa shape index (κ1) is 19.0. The van der Waals surface area contributed by atoms with Crippen molar-refractivity contribution in [2.24, 2.45) is 0 Å². The largest absolute Gasteiger partial charge is 0.352 e. The zero-order valence-electron chi connectivity index (χ0n) is 16.6. The molecule has 2 atom stereocenters. The maximum atomic E-state index is 12.8. The average molecular weight is 422 g/mol. The van der Waals surface area contributed by atoms with E-state index in [1.54, 1.807) is 48.8 Å². The number of benzene rings is 1. The van der Waals surface area contributed by atoms with Crippen LogP contribution in [0.3, 0.4) is 0 Å². The van der Waals surface area contributed by atoms with Crippen LogP contribution in [-0.4, -0.2) is 39.9 Å². The highest BCUT2D eigenvalue weighted by atomic mass is 32.2. The predicted octanol–water partition coefficient (Wildman–Crippen LogP) is 3.52. The van der Waals surface area contributed by atoms with E-state index in [2.05, 4.69) is 22.2 Å². The van der Waals surface area contributed by atoms with Crippen molar-refractivity contribution in [1.29, 1.82) is 0 Å². The van der Waals surface area contributed by atoms with Crippen LogP contribution in [0, 0.1) is 0 Å². The molecule has 1 aliphatic rings. The summed E-state index contributed by atoms with van der Waals surface area (Å²) in [5.41, 5.74) is 3.29. The summed E-state index contributed by atoms with van der Waals surface area (Å²) in [5.74, 6) is 1.24. The van der Waals surface area contributed by atoms with E-state index < -0.39 is 10.0 Å². The fraction of sp³-hybridized carbons (Fsp3) is 0.273. The number of hydrogen-bond donors (Lipinski definition) is 2. The van der Waals surface area contributed by atoms with Crippen molar-refractivity contribution in [1.82, 2.24) is 24.2 Å². The van der Waals surface area contributed by atoms with E-state index >= 15 is 0 Å². The molecule has 1 saturated heterocycles. The van der Waals surface area contributed by atoms with Crippen LogP contribution in [0.2, 0.25) is 0 Å². The molecule has 154 valence electrons. The minimum atomic E-state index is -3.61. The zero-order valence-corrected chi connectivity index (χ0v) is 17.4. The summed E-state index contributed by atoms with van der Waals surface area (Å²) >= 11 is 0. The average Bonchev–Trinajstić information content (AvgIpc) is 3.41. The van der Waals surface area contributed by atoms with Crippen LogP contribution in [0.15, 0.2) is 66.0 Å². The summed E-state index contributed by atoms with van der Waals surface area (Å²) in [6.45, 7) is 3.17. The zero-order chi connectivity index (χ0) is 20.7. The van der Waals surface area contributed by atoms with Crippen LogP contribution in [0.1, 0.15) is 31.5 Å². The Morgan fingerprint density at radius 2 is 2.00 bits per heavy atom. The standard InChI is InChI=1S/C22H23N5O2S/c1-15-11-16(7-9-23-15)22-24-13-21-20(26-22)12-19(25-21)17-8-10-27(14-17)30(28,29)18-5-3-2-4-6-18/h2-6,8,10,12-16,23,25H,7,9,11H2,1H3. The second-order valence-corrected chi connectivity index (χ2v) is 9.68. The van der Waals surface area contributed by atoms with E-state index in [9.17, 15) is 8.42 Å². The van der Waals surface area contributed by atoms with Gasteiger partial charge in [0.1, 0.15) is 5.82 Å². The Morgan fingerprint density at radius 1 is 1.17 bits per heavy atom. The second kappa shape index (κ2) is 7.37. The molecule has 1 aliphatic heterocycles. The van der Waals surface area contributed by atoms with Crippen LogP contribution < -0.4 is 5.32 Å². The van der Waals surface area contributed by atoms with Crippen LogP contribution in [-0.2, 0) is 10.0 Å². The quantitative estimate of drug-likeness (QED) is 0.526. The first-order valence-corrected chi connectivity index (χ1v) is 11.5. The van der Waals surface area contributed by atoms with Crippen molar-refractivity contribution in [2.75, 3.05) is 6.54 Å². The van der Waals surface area contributed by atoms with Gasteiger partial charge in [-0.1, -0.05) is 18.2 Å². The summed E-state index contributed by atoms with van der Waals surface area (Å²) in [5, 5.41) is 3.46. The minimum Gasteiger partial charge on any atom is -0.352 e. The Labute approximate surface area is 175 Å². The van der Waals surface area contributed by atoms with E-state index in [0.717, 1.165) is 47.5 Å². The third-order valence-corrected chi connectivity index (χ3v) is 7.32. The van der Waals surface area contributed by atoms with Crippen molar-refractivity contribution in [3.63, 3.8) is 0 Å². The molecule has 8 heteroatoms. The molecule has 30 heavy (non-hydrogen) atoms. The van der Waals surface area contributed by atoms with Crippen LogP contribution in [0.4, 0.5) is 0 Å². The molecule has 0 aliphatic carbocycles. The lowest BCUT2D eigenvalue weighted by molar-refractivity contribution is 0.371. The lowest BCUT2D eigenvalue weighted by Gasteiger charge is -2.26. The Kier molecular flexibility index (Phi) is 4.67. The summed E-state index contributed by atoms with van der Waals surface area (Å²) in [4.78, 5) is 12.9. The van der Waals surface area contributed by atoms with Gasteiger partial charge in [-0.05, 0) is 50.6 Å². The number of H-pyrrole nitrogens is 1. The number of aromatic nitrogens is 4. The molecule has 1 fully saturated rings. The molecule has 0 bridgehead atoms. The summed E-state index contributed by atoms with van der Waals surface area (Å²) in [6, 6.07) is 12.6. The Hall–Kier alpha value is -2.97. The van der Waals surface area contributed by atoms with Crippen molar-refractivity contribution in [3.05, 3.63) is 66.9 Å². The van der Waals surface area contributed by atoms with Crippen LogP contribution in [0.5, 0.6) is 0 Å². The lowest BCUT2D eigenvalue weighted by Crippen LogP contribution is -2.35. The molecule has 0 saturated carbocycles. The van der Waals surface area contributed by atoms with Crippen molar-refractivity contribution >= 4 is 21.1 Å². The number of nitrogens with one attached hydrogen (secondary N) is 2. The van der Waals surface area contributed by atoms with Gasteiger partial charge in [0.15, 0.2) is 0 Å². The summed E-state index contributed by atoms with van der Waals surface area (Å²) in [7, 11) is -3.61. The number of aromatic amines is 1. The molecule has 7 nitrogen and oxygen atoms in total. The number of piperidine rings is 1. The van der Waals surface area contributed by atoms with Gasteiger partial charge in [0.05, 0.1) is 22.1 Å². The Balaban J connectivity index is 1.46.